The van der Waals surface area contributed by atoms with Crippen LogP contribution in [0.1, 0.15) is 47.0 Å². The first-order valence-corrected chi connectivity index (χ1v) is 8.89. The molecule has 0 saturated carbocycles. The van der Waals surface area contributed by atoms with Crippen LogP contribution >= 0.6 is 0 Å². The summed E-state index contributed by atoms with van der Waals surface area (Å²) in [6.07, 6.45) is 4.57. The lowest BCUT2D eigenvalue weighted by Crippen LogP contribution is -2.42. The minimum atomic E-state index is -0.814. The standard InChI is InChI=1S/C14H28N2O2S/c1-6-7-12-14(17)16(13(15-12)10(2)3)9-8-11(4)19(5)18/h10-13,15H,6-9H2,1-5H3. The average molecular weight is 288 g/mol. The summed E-state index contributed by atoms with van der Waals surface area (Å²) in [6.45, 7) is 9.05. The summed E-state index contributed by atoms with van der Waals surface area (Å²) in [6, 6.07) is -0.0279. The molecule has 4 unspecified atom stereocenters. The van der Waals surface area contributed by atoms with Crippen molar-refractivity contribution in [3.8, 4) is 0 Å². The fourth-order valence-corrected chi connectivity index (χ4v) is 2.93. The van der Waals surface area contributed by atoms with Gasteiger partial charge in [-0.05, 0) is 18.8 Å². The van der Waals surface area contributed by atoms with Gasteiger partial charge in [0.05, 0.1) is 12.2 Å². The van der Waals surface area contributed by atoms with Gasteiger partial charge in [0.25, 0.3) is 0 Å². The number of carbonyl (C=O) groups excluding carboxylic acids is 1. The predicted molar refractivity (Wildman–Crippen MR) is 80.3 cm³/mol. The second-order valence-electron chi connectivity index (χ2n) is 5.83. The Morgan fingerprint density at radius 1 is 1.37 bits per heavy atom. The Hall–Kier alpha value is -0.420. The molecule has 1 heterocycles. The largest absolute Gasteiger partial charge is 0.325 e. The molecular formula is C14H28N2O2S. The molecule has 4 nitrogen and oxygen atoms in total. The number of nitrogens with one attached hydrogen (secondary N) is 1. The van der Waals surface area contributed by atoms with Gasteiger partial charge in [-0.15, -0.1) is 0 Å². The van der Waals surface area contributed by atoms with E-state index in [1.807, 2.05) is 11.8 Å². The number of rotatable bonds is 7. The molecule has 0 radical (unpaired) electrons. The van der Waals surface area contributed by atoms with E-state index in [2.05, 4.69) is 26.1 Å². The van der Waals surface area contributed by atoms with Crippen molar-refractivity contribution >= 4 is 16.7 Å². The van der Waals surface area contributed by atoms with Crippen molar-refractivity contribution in [2.24, 2.45) is 5.92 Å². The van der Waals surface area contributed by atoms with Gasteiger partial charge in [-0.25, -0.2) is 0 Å². The Kier molecular flexibility index (Phi) is 6.47. The monoisotopic (exact) mass is 288 g/mol. The topological polar surface area (TPSA) is 49.4 Å². The number of hydrogen-bond donors (Lipinski definition) is 1. The van der Waals surface area contributed by atoms with Crippen molar-refractivity contribution in [3.63, 3.8) is 0 Å². The molecule has 19 heavy (non-hydrogen) atoms. The van der Waals surface area contributed by atoms with E-state index in [1.165, 1.54) is 0 Å². The first-order chi connectivity index (χ1) is 8.88. The Morgan fingerprint density at radius 2 is 2.00 bits per heavy atom. The summed E-state index contributed by atoms with van der Waals surface area (Å²) in [4.78, 5) is 14.3. The van der Waals surface area contributed by atoms with Crippen molar-refractivity contribution in [1.82, 2.24) is 10.2 Å². The van der Waals surface area contributed by atoms with Gasteiger partial charge in [-0.1, -0.05) is 34.1 Å². The number of nitrogens with zero attached hydrogens (tertiary/aromatic N) is 1. The Bertz CT molecular complexity index is 333. The van der Waals surface area contributed by atoms with Crippen molar-refractivity contribution in [3.05, 3.63) is 0 Å². The smallest absolute Gasteiger partial charge is 0.241 e. The van der Waals surface area contributed by atoms with Gasteiger partial charge in [0, 0.05) is 28.9 Å². The summed E-state index contributed by atoms with van der Waals surface area (Å²) >= 11 is 0. The first-order valence-electron chi connectivity index (χ1n) is 7.27. The van der Waals surface area contributed by atoms with Crippen molar-refractivity contribution in [2.75, 3.05) is 12.8 Å². The van der Waals surface area contributed by atoms with Gasteiger partial charge >= 0.3 is 0 Å². The SMILES string of the molecule is CCCC1NC(C(C)C)N(CCC(C)S(C)=O)C1=O. The fraction of sp³-hybridized carbons (Fsp3) is 0.929. The Balaban J connectivity index is 2.66. The van der Waals surface area contributed by atoms with Crippen LogP contribution in [0.3, 0.4) is 0 Å². The lowest BCUT2D eigenvalue weighted by atomic mass is 10.1. The van der Waals surface area contributed by atoms with Crippen LogP contribution in [0, 0.1) is 5.92 Å². The normalized spacial score (nSPS) is 27.1. The third-order valence-electron chi connectivity index (χ3n) is 3.84. The molecule has 1 aliphatic rings. The van der Waals surface area contributed by atoms with Crippen LogP contribution in [0.2, 0.25) is 0 Å². The molecular weight excluding hydrogens is 260 g/mol. The zero-order valence-electron chi connectivity index (χ0n) is 12.8. The maximum atomic E-state index is 12.4. The lowest BCUT2D eigenvalue weighted by Gasteiger charge is -2.28. The van der Waals surface area contributed by atoms with Crippen molar-refractivity contribution < 1.29 is 9.00 Å². The van der Waals surface area contributed by atoms with E-state index in [1.54, 1.807) is 6.26 Å². The zero-order valence-corrected chi connectivity index (χ0v) is 13.6. The van der Waals surface area contributed by atoms with Crippen LogP contribution in [0.15, 0.2) is 0 Å². The molecule has 0 aromatic carbocycles. The van der Waals surface area contributed by atoms with E-state index in [9.17, 15) is 9.00 Å². The average Bonchev–Trinajstić information content (AvgIpc) is 2.64. The highest BCUT2D eigenvalue weighted by Crippen LogP contribution is 2.21. The number of amides is 1. The molecule has 0 aliphatic carbocycles. The molecule has 0 bridgehead atoms. The Labute approximate surface area is 119 Å². The van der Waals surface area contributed by atoms with Gasteiger partial charge in [-0.3, -0.25) is 14.3 Å². The molecule has 0 spiro atoms. The van der Waals surface area contributed by atoms with Gasteiger partial charge in [-0.2, -0.15) is 0 Å². The molecule has 1 N–H and O–H groups in total. The van der Waals surface area contributed by atoms with Crippen LogP contribution in [0.25, 0.3) is 0 Å². The summed E-state index contributed by atoms with van der Waals surface area (Å²) in [5.74, 6) is 0.614. The molecule has 5 heteroatoms. The minimum Gasteiger partial charge on any atom is -0.325 e. The molecule has 1 amide bonds. The molecule has 1 aliphatic heterocycles. The molecule has 0 aromatic heterocycles. The van der Waals surface area contributed by atoms with Gasteiger partial charge < -0.3 is 4.90 Å². The molecule has 4 atom stereocenters. The highest BCUT2D eigenvalue weighted by atomic mass is 32.2. The zero-order chi connectivity index (χ0) is 14.6. The van der Waals surface area contributed by atoms with Crippen LogP contribution in [-0.4, -0.2) is 45.3 Å². The van der Waals surface area contributed by atoms with Crippen LogP contribution in [-0.2, 0) is 15.6 Å². The third-order valence-corrected chi connectivity index (χ3v) is 5.21. The van der Waals surface area contributed by atoms with E-state index in [0.29, 0.717) is 12.5 Å². The van der Waals surface area contributed by atoms with E-state index in [-0.39, 0.29) is 23.4 Å². The fourth-order valence-electron chi connectivity index (χ4n) is 2.49. The third kappa shape index (κ3) is 4.28. The second-order valence-corrected chi connectivity index (χ2v) is 7.63. The summed E-state index contributed by atoms with van der Waals surface area (Å²) < 4.78 is 11.4. The maximum absolute atomic E-state index is 12.4. The first kappa shape index (κ1) is 16.6. The van der Waals surface area contributed by atoms with Gasteiger partial charge in [0.15, 0.2) is 0 Å². The van der Waals surface area contributed by atoms with E-state index in [0.717, 1.165) is 19.3 Å². The quantitative estimate of drug-likeness (QED) is 0.776. The van der Waals surface area contributed by atoms with Gasteiger partial charge in [0.1, 0.15) is 0 Å². The van der Waals surface area contributed by atoms with Crippen LogP contribution in [0.5, 0.6) is 0 Å². The van der Waals surface area contributed by atoms with Crippen LogP contribution < -0.4 is 5.32 Å². The molecule has 1 fully saturated rings. The van der Waals surface area contributed by atoms with Gasteiger partial charge in [0.2, 0.25) is 5.91 Å². The highest BCUT2D eigenvalue weighted by molar-refractivity contribution is 7.84. The Morgan fingerprint density at radius 3 is 2.47 bits per heavy atom. The van der Waals surface area contributed by atoms with Crippen molar-refractivity contribution in [1.29, 1.82) is 0 Å². The predicted octanol–water partition coefficient (Wildman–Crippen LogP) is 1.73. The van der Waals surface area contributed by atoms with Crippen molar-refractivity contribution in [2.45, 2.75) is 64.4 Å². The molecule has 1 rings (SSSR count). The van der Waals surface area contributed by atoms with E-state index in [4.69, 9.17) is 0 Å². The maximum Gasteiger partial charge on any atom is 0.241 e. The summed E-state index contributed by atoms with van der Waals surface area (Å²) in [7, 11) is -0.814. The summed E-state index contributed by atoms with van der Waals surface area (Å²) in [5, 5.41) is 3.59. The van der Waals surface area contributed by atoms with E-state index < -0.39 is 10.8 Å². The number of hydrogen-bond acceptors (Lipinski definition) is 3. The molecule has 1 saturated heterocycles. The van der Waals surface area contributed by atoms with Crippen LogP contribution in [0.4, 0.5) is 0 Å². The number of carbonyl (C=O) groups is 1. The second kappa shape index (κ2) is 7.39. The molecule has 0 aromatic rings. The summed E-state index contributed by atoms with van der Waals surface area (Å²) in [5.41, 5.74) is 0. The lowest BCUT2D eigenvalue weighted by molar-refractivity contribution is -0.130. The minimum absolute atomic E-state index is 0.0279. The molecule has 112 valence electrons. The highest BCUT2D eigenvalue weighted by Gasteiger charge is 2.39. The van der Waals surface area contributed by atoms with E-state index >= 15 is 0 Å².